The van der Waals surface area contributed by atoms with Gasteiger partial charge in [0, 0.05) is 29.6 Å². The van der Waals surface area contributed by atoms with E-state index in [-0.39, 0.29) is 35.1 Å². The number of thioether (sulfide) groups is 1. The molecule has 1 aliphatic carbocycles. The van der Waals surface area contributed by atoms with Gasteiger partial charge in [0.15, 0.2) is 0 Å². The van der Waals surface area contributed by atoms with Crippen LogP contribution in [0, 0.1) is 11.8 Å². The van der Waals surface area contributed by atoms with Crippen molar-refractivity contribution in [1.29, 1.82) is 0 Å². The van der Waals surface area contributed by atoms with E-state index in [4.69, 9.17) is 0 Å². The molecular formula is C27H37N3O4S. The summed E-state index contributed by atoms with van der Waals surface area (Å²) < 4.78 is -0.956. The second kappa shape index (κ2) is 9.77. The molecule has 5 atom stereocenters. The summed E-state index contributed by atoms with van der Waals surface area (Å²) >= 11 is 1.71. The molecule has 1 aromatic carbocycles. The van der Waals surface area contributed by atoms with Gasteiger partial charge in [-0.1, -0.05) is 37.5 Å². The fraction of sp³-hybridized carbons (Fsp3) is 0.667. The van der Waals surface area contributed by atoms with Crippen LogP contribution in [0.15, 0.2) is 30.3 Å². The highest BCUT2D eigenvalue weighted by Crippen LogP contribution is 2.71. The maximum Gasteiger partial charge on any atom is 0.244 e. The SMILES string of the molecule is C[C@@]12CCC3(S1)C(C(=O)NC1CCCCC1)N(CCCCO)C(=O)[C@@H]3[C@@H]2C(=O)Nc1ccccc1. The number of para-hydroxylation sites is 1. The monoisotopic (exact) mass is 499 g/mol. The number of benzene rings is 1. The number of hydrogen-bond acceptors (Lipinski definition) is 5. The molecule has 3 amide bonds. The van der Waals surface area contributed by atoms with E-state index in [2.05, 4.69) is 17.6 Å². The quantitative estimate of drug-likeness (QED) is 0.477. The number of nitrogens with one attached hydrogen (secondary N) is 2. The van der Waals surface area contributed by atoms with E-state index in [9.17, 15) is 19.5 Å². The summed E-state index contributed by atoms with van der Waals surface area (Å²) in [6.07, 6.45) is 8.22. The van der Waals surface area contributed by atoms with Crippen molar-refractivity contribution in [2.45, 2.75) is 86.3 Å². The Hall–Kier alpha value is -2.06. The third kappa shape index (κ3) is 4.26. The van der Waals surface area contributed by atoms with Crippen molar-refractivity contribution in [3.8, 4) is 0 Å². The predicted molar refractivity (Wildman–Crippen MR) is 137 cm³/mol. The van der Waals surface area contributed by atoms with Crippen molar-refractivity contribution in [2.75, 3.05) is 18.5 Å². The molecule has 3 heterocycles. The molecule has 1 saturated carbocycles. The molecule has 4 fully saturated rings. The summed E-state index contributed by atoms with van der Waals surface area (Å²) in [6.45, 7) is 2.59. The summed E-state index contributed by atoms with van der Waals surface area (Å²) in [5, 5.41) is 15.6. The Kier molecular flexibility index (Phi) is 6.87. The Labute approximate surface area is 211 Å². The highest BCUT2D eigenvalue weighted by atomic mass is 32.2. The summed E-state index contributed by atoms with van der Waals surface area (Å²) in [4.78, 5) is 43.2. The number of likely N-dealkylation sites (tertiary alicyclic amines) is 1. The number of unbranched alkanes of at least 4 members (excludes halogenated alkanes) is 1. The normalized spacial score (nSPS) is 34.2. The van der Waals surface area contributed by atoms with Crippen LogP contribution >= 0.6 is 11.8 Å². The number of aliphatic hydroxyl groups excluding tert-OH is 1. The summed E-state index contributed by atoms with van der Waals surface area (Å²) in [7, 11) is 0. The van der Waals surface area contributed by atoms with E-state index in [1.165, 1.54) is 6.42 Å². The molecular weight excluding hydrogens is 462 g/mol. The van der Waals surface area contributed by atoms with Gasteiger partial charge in [0.05, 0.1) is 16.6 Å². The first-order valence-corrected chi connectivity index (χ1v) is 14.0. The zero-order valence-electron chi connectivity index (χ0n) is 20.5. The smallest absolute Gasteiger partial charge is 0.244 e. The van der Waals surface area contributed by atoms with Gasteiger partial charge in [-0.25, -0.2) is 0 Å². The van der Waals surface area contributed by atoms with Crippen LogP contribution in [0.5, 0.6) is 0 Å². The Morgan fingerprint density at radius 3 is 2.54 bits per heavy atom. The first-order valence-electron chi connectivity index (χ1n) is 13.2. The molecule has 35 heavy (non-hydrogen) atoms. The fourth-order valence-corrected chi connectivity index (χ4v) is 9.39. The third-order valence-electron chi connectivity index (χ3n) is 8.61. The van der Waals surface area contributed by atoms with Crippen LogP contribution < -0.4 is 10.6 Å². The number of carbonyl (C=O) groups is 3. The topological polar surface area (TPSA) is 98.7 Å². The van der Waals surface area contributed by atoms with Crippen molar-refractivity contribution in [3.63, 3.8) is 0 Å². The van der Waals surface area contributed by atoms with Crippen LogP contribution in [-0.4, -0.2) is 62.5 Å². The number of rotatable bonds is 8. The van der Waals surface area contributed by atoms with Crippen LogP contribution in [0.2, 0.25) is 0 Å². The molecule has 4 aliphatic rings. The average molecular weight is 500 g/mol. The van der Waals surface area contributed by atoms with Gasteiger partial charge in [-0.05, 0) is 57.6 Å². The number of carbonyl (C=O) groups excluding carboxylic acids is 3. The third-order valence-corrected chi connectivity index (χ3v) is 10.6. The predicted octanol–water partition coefficient (Wildman–Crippen LogP) is 3.33. The first-order chi connectivity index (χ1) is 16.9. The number of nitrogens with zero attached hydrogens (tertiary/aromatic N) is 1. The van der Waals surface area contributed by atoms with E-state index in [1.807, 2.05) is 30.3 Å². The maximum absolute atomic E-state index is 14.0. The van der Waals surface area contributed by atoms with Crippen molar-refractivity contribution in [3.05, 3.63) is 30.3 Å². The van der Waals surface area contributed by atoms with Gasteiger partial charge in [0.1, 0.15) is 6.04 Å². The summed E-state index contributed by atoms with van der Waals surface area (Å²) in [6, 6.07) is 8.97. The van der Waals surface area contributed by atoms with Crippen LogP contribution in [0.25, 0.3) is 0 Å². The molecule has 3 saturated heterocycles. The van der Waals surface area contributed by atoms with E-state index in [1.54, 1.807) is 16.7 Å². The van der Waals surface area contributed by atoms with E-state index in [0.29, 0.717) is 19.4 Å². The van der Waals surface area contributed by atoms with E-state index >= 15 is 0 Å². The lowest BCUT2D eigenvalue weighted by Crippen LogP contribution is -2.55. The number of amides is 3. The van der Waals surface area contributed by atoms with Gasteiger partial charge in [-0.3, -0.25) is 14.4 Å². The maximum atomic E-state index is 14.0. The average Bonchev–Trinajstić information content (AvgIpc) is 3.41. The zero-order chi connectivity index (χ0) is 24.6. The molecule has 3 aliphatic heterocycles. The second-order valence-corrected chi connectivity index (χ2v) is 12.8. The molecule has 5 rings (SSSR count). The van der Waals surface area contributed by atoms with E-state index < -0.39 is 22.6 Å². The number of fused-ring (bicyclic) bond motifs is 1. The summed E-state index contributed by atoms with van der Waals surface area (Å²) in [5.74, 6) is -1.25. The van der Waals surface area contributed by atoms with Crippen molar-refractivity contribution >= 4 is 35.2 Å². The molecule has 1 spiro atoms. The Bertz CT molecular complexity index is 968. The standard InChI is InChI=1S/C27H37N3O4S/c1-26-14-15-27(35-26)21(20(26)23(32)28-18-10-4-2-5-11-18)25(34)30(16-8-9-17-31)22(27)24(33)29-19-12-6-3-7-13-19/h2,4-5,10-11,19-22,31H,3,6-9,12-17H2,1H3,(H,28,32)(H,29,33)/t20-,21+,22?,26+,27?/m1/s1. The van der Waals surface area contributed by atoms with Gasteiger partial charge in [-0.2, -0.15) is 0 Å². The second-order valence-electron chi connectivity index (χ2n) is 10.9. The molecule has 0 radical (unpaired) electrons. The Morgan fingerprint density at radius 2 is 1.83 bits per heavy atom. The van der Waals surface area contributed by atoms with Crippen molar-refractivity contribution in [1.82, 2.24) is 10.2 Å². The Balaban J connectivity index is 1.45. The van der Waals surface area contributed by atoms with Gasteiger partial charge in [-0.15, -0.1) is 11.8 Å². The molecule has 0 aromatic heterocycles. The van der Waals surface area contributed by atoms with Gasteiger partial charge < -0.3 is 20.6 Å². The molecule has 2 unspecified atom stereocenters. The molecule has 1 aromatic rings. The molecule has 3 N–H and O–H groups in total. The van der Waals surface area contributed by atoms with Gasteiger partial charge in [0.25, 0.3) is 0 Å². The minimum Gasteiger partial charge on any atom is -0.396 e. The lowest BCUT2D eigenvalue weighted by molar-refractivity contribution is -0.139. The minimum absolute atomic E-state index is 0.0578. The fourth-order valence-electron chi connectivity index (χ4n) is 7.03. The number of anilines is 1. The minimum atomic E-state index is -0.581. The van der Waals surface area contributed by atoms with Crippen LogP contribution in [0.4, 0.5) is 5.69 Å². The molecule has 8 heteroatoms. The van der Waals surface area contributed by atoms with Gasteiger partial charge in [0.2, 0.25) is 17.7 Å². The highest BCUT2D eigenvalue weighted by Gasteiger charge is 2.77. The van der Waals surface area contributed by atoms with Crippen molar-refractivity contribution < 1.29 is 19.5 Å². The zero-order valence-corrected chi connectivity index (χ0v) is 21.3. The number of hydrogen-bond donors (Lipinski definition) is 3. The highest BCUT2D eigenvalue weighted by molar-refractivity contribution is 8.02. The number of aliphatic hydroxyl groups is 1. The molecule has 7 nitrogen and oxygen atoms in total. The summed E-state index contributed by atoms with van der Waals surface area (Å²) in [5.41, 5.74) is 0.722. The van der Waals surface area contributed by atoms with Crippen LogP contribution in [0.3, 0.4) is 0 Å². The molecule has 2 bridgehead atoms. The van der Waals surface area contributed by atoms with Crippen LogP contribution in [-0.2, 0) is 14.4 Å². The Morgan fingerprint density at radius 1 is 1.09 bits per heavy atom. The van der Waals surface area contributed by atoms with Crippen LogP contribution in [0.1, 0.15) is 64.7 Å². The lowest BCUT2D eigenvalue weighted by Gasteiger charge is -2.36. The lowest BCUT2D eigenvalue weighted by atomic mass is 9.66. The molecule has 190 valence electrons. The van der Waals surface area contributed by atoms with Crippen molar-refractivity contribution in [2.24, 2.45) is 11.8 Å². The van der Waals surface area contributed by atoms with Gasteiger partial charge >= 0.3 is 0 Å². The van der Waals surface area contributed by atoms with E-state index in [0.717, 1.165) is 44.2 Å². The largest absolute Gasteiger partial charge is 0.396 e. The first kappa shape index (κ1) is 24.6.